The molecule has 1 aromatic carbocycles. The number of amides is 1. The van der Waals surface area contributed by atoms with Crippen LogP contribution in [0.4, 0.5) is 26.3 Å². The molecule has 1 aromatic rings. The third-order valence-corrected chi connectivity index (χ3v) is 5.32. The van der Waals surface area contributed by atoms with Crippen molar-refractivity contribution in [2.24, 2.45) is 0 Å². The summed E-state index contributed by atoms with van der Waals surface area (Å²) in [5, 5.41) is 5.07. The van der Waals surface area contributed by atoms with Crippen molar-refractivity contribution in [3.63, 3.8) is 0 Å². The summed E-state index contributed by atoms with van der Waals surface area (Å²) in [6.07, 6.45) is -7.95. The van der Waals surface area contributed by atoms with Crippen LogP contribution >= 0.6 is 0 Å². The fourth-order valence-electron chi connectivity index (χ4n) is 4.28. The lowest BCUT2D eigenvalue weighted by atomic mass is 9.72. The smallest absolute Gasteiger partial charge is 0.325 e. The fraction of sp³-hybridized carbons (Fsp3) is 0.350. The molecule has 0 aromatic heterocycles. The molecule has 2 heterocycles. The van der Waals surface area contributed by atoms with Gasteiger partial charge in [0.05, 0.1) is 24.1 Å². The molecule has 3 atom stereocenters. The summed E-state index contributed by atoms with van der Waals surface area (Å²) >= 11 is 0. The lowest BCUT2D eigenvalue weighted by Gasteiger charge is -2.41. The molecule has 1 saturated heterocycles. The van der Waals surface area contributed by atoms with E-state index in [-0.39, 0.29) is 17.7 Å². The van der Waals surface area contributed by atoms with Crippen molar-refractivity contribution in [3.05, 3.63) is 70.5 Å². The zero-order chi connectivity index (χ0) is 21.0. The molecular weight excluding hydrogens is 398 g/mol. The number of rotatable bonds is 2. The number of hydrogen-bond donors (Lipinski definition) is 2. The maximum atomic E-state index is 14.1. The van der Waals surface area contributed by atoms with Crippen LogP contribution in [0, 0.1) is 0 Å². The second-order valence-corrected chi connectivity index (χ2v) is 7.26. The van der Waals surface area contributed by atoms with Crippen LogP contribution in [0.15, 0.2) is 64.9 Å². The quantitative estimate of drug-likeness (QED) is 0.710. The van der Waals surface area contributed by atoms with Gasteiger partial charge in [-0.2, -0.15) is 26.3 Å². The number of carbonyl (C=O) groups is 1. The van der Waals surface area contributed by atoms with E-state index in [1.54, 1.807) is 18.2 Å². The van der Waals surface area contributed by atoms with Gasteiger partial charge < -0.3 is 10.6 Å². The summed E-state index contributed by atoms with van der Waals surface area (Å²) in [5.74, 6) is -1.86. The van der Waals surface area contributed by atoms with Crippen LogP contribution < -0.4 is 10.6 Å². The Kier molecular flexibility index (Phi) is 4.60. The van der Waals surface area contributed by atoms with Crippen LogP contribution in [-0.4, -0.2) is 30.3 Å². The molecule has 154 valence electrons. The van der Waals surface area contributed by atoms with Gasteiger partial charge in [-0.15, -0.1) is 0 Å². The van der Waals surface area contributed by atoms with Gasteiger partial charge in [-0.05, 0) is 16.7 Å². The lowest BCUT2D eigenvalue weighted by Crippen LogP contribution is -2.50. The molecule has 3 aliphatic rings. The van der Waals surface area contributed by atoms with E-state index in [9.17, 15) is 31.1 Å². The van der Waals surface area contributed by atoms with E-state index < -0.39 is 48.3 Å². The predicted molar refractivity (Wildman–Crippen MR) is 92.6 cm³/mol. The molecule has 3 unspecified atom stereocenters. The summed E-state index contributed by atoms with van der Waals surface area (Å²) in [5.41, 5.74) is -0.300. The maximum Gasteiger partial charge on any atom is 0.415 e. The van der Waals surface area contributed by atoms with Crippen molar-refractivity contribution in [3.8, 4) is 0 Å². The Hall–Kier alpha value is -2.55. The summed E-state index contributed by atoms with van der Waals surface area (Å²) in [6, 6.07) is 5.63. The zero-order valence-corrected chi connectivity index (χ0v) is 14.9. The molecule has 0 radical (unpaired) electrons. The van der Waals surface area contributed by atoms with E-state index in [0.29, 0.717) is 11.1 Å². The molecule has 2 aliphatic heterocycles. The predicted octanol–water partition coefficient (Wildman–Crippen LogP) is 4.27. The molecule has 0 bridgehead atoms. The molecule has 2 N–H and O–H groups in total. The minimum Gasteiger partial charge on any atom is -0.325 e. The fourth-order valence-corrected chi connectivity index (χ4v) is 4.28. The second kappa shape index (κ2) is 6.76. The van der Waals surface area contributed by atoms with Gasteiger partial charge in [0.1, 0.15) is 0 Å². The van der Waals surface area contributed by atoms with Crippen molar-refractivity contribution in [1.82, 2.24) is 10.6 Å². The van der Waals surface area contributed by atoms with Gasteiger partial charge in [0.15, 0.2) is 0 Å². The van der Waals surface area contributed by atoms with Crippen molar-refractivity contribution in [1.29, 1.82) is 0 Å². The van der Waals surface area contributed by atoms with Crippen LogP contribution in [0.25, 0.3) is 0 Å². The number of alkyl halides is 6. The first-order valence-corrected chi connectivity index (χ1v) is 8.95. The molecule has 0 spiro atoms. The molecule has 3 nitrogen and oxygen atoms in total. The molecule has 1 amide bonds. The first-order chi connectivity index (χ1) is 13.5. The van der Waals surface area contributed by atoms with E-state index in [1.807, 2.05) is 0 Å². The first-order valence-electron chi connectivity index (χ1n) is 8.95. The standard InChI is InChI=1S/C20H16F6N2O/c21-19(22,23)9-11-6-7-12-13-8-14(29)28-18(13)16(20(24,25)26)15(17(12)27-11)10-4-2-1-3-5-10/h1-7,11,15,17,27H,8-9H2,(H,28,29). The van der Waals surface area contributed by atoms with Gasteiger partial charge in [0.2, 0.25) is 5.91 Å². The molecule has 1 fully saturated rings. The van der Waals surface area contributed by atoms with E-state index in [0.717, 1.165) is 0 Å². The lowest BCUT2D eigenvalue weighted by molar-refractivity contribution is -0.138. The summed E-state index contributed by atoms with van der Waals surface area (Å²) in [7, 11) is 0. The number of hydrogen-bond acceptors (Lipinski definition) is 2. The van der Waals surface area contributed by atoms with Gasteiger partial charge in [-0.1, -0.05) is 42.5 Å². The Morgan fingerprint density at radius 1 is 1.03 bits per heavy atom. The van der Waals surface area contributed by atoms with E-state index in [2.05, 4.69) is 10.6 Å². The second-order valence-electron chi connectivity index (χ2n) is 7.26. The van der Waals surface area contributed by atoms with Crippen molar-refractivity contribution < 1.29 is 31.1 Å². The third-order valence-electron chi connectivity index (χ3n) is 5.32. The van der Waals surface area contributed by atoms with Crippen LogP contribution in [0.1, 0.15) is 24.3 Å². The number of allylic oxidation sites excluding steroid dienone is 1. The maximum absolute atomic E-state index is 14.1. The Labute approximate surface area is 162 Å². The normalized spacial score (nSPS) is 27.1. The first kappa shape index (κ1) is 19.8. The Morgan fingerprint density at radius 2 is 1.72 bits per heavy atom. The van der Waals surface area contributed by atoms with Gasteiger partial charge in [-0.3, -0.25) is 4.79 Å². The Bertz CT molecular complexity index is 927. The summed E-state index contributed by atoms with van der Waals surface area (Å²) in [6.45, 7) is 0. The van der Waals surface area contributed by atoms with Crippen LogP contribution in [0.3, 0.4) is 0 Å². The number of carbonyl (C=O) groups excluding carboxylic acids is 1. The summed E-state index contributed by atoms with van der Waals surface area (Å²) < 4.78 is 81.0. The molecule has 0 saturated carbocycles. The molecular formula is C20H16F6N2O. The SMILES string of the molecule is O=C1CC2=C3C=CC(CC(F)(F)F)NC3C(c3ccccc3)C(C(F)(F)F)=C2N1. The van der Waals surface area contributed by atoms with Crippen LogP contribution in [0.5, 0.6) is 0 Å². The van der Waals surface area contributed by atoms with Gasteiger partial charge in [-0.25, -0.2) is 0 Å². The van der Waals surface area contributed by atoms with Gasteiger partial charge >= 0.3 is 12.4 Å². The Balaban J connectivity index is 1.89. The topological polar surface area (TPSA) is 41.1 Å². The number of nitrogens with one attached hydrogen (secondary N) is 2. The molecule has 29 heavy (non-hydrogen) atoms. The van der Waals surface area contributed by atoms with Crippen LogP contribution in [-0.2, 0) is 4.79 Å². The highest BCUT2D eigenvalue weighted by Gasteiger charge is 2.52. The molecule has 4 rings (SSSR count). The van der Waals surface area contributed by atoms with Crippen LogP contribution in [0.2, 0.25) is 0 Å². The van der Waals surface area contributed by atoms with Gasteiger partial charge in [0, 0.05) is 18.0 Å². The largest absolute Gasteiger partial charge is 0.415 e. The third kappa shape index (κ3) is 3.71. The summed E-state index contributed by atoms with van der Waals surface area (Å²) in [4.78, 5) is 11.9. The van der Waals surface area contributed by atoms with Crippen molar-refractivity contribution >= 4 is 5.91 Å². The van der Waals surface area contributed by atoms with E-state index in [1.165, 1.54) is 24.3 Å². The highest BCUT2D eigenvalue weighted by atomic mass is 19.4. The zero-order valence-electron chi connectivity index (χ0n) is 14.9. The number of halogens is 6. The Morgan fingerprint density at radius 3 is 2.34 bits per heavy atom. The van der Waals surface area contributed by atoms with E-state index in [4.69, 9.17) is 0 Å². The monoisotopic (exact) mass is 414 g/mol. The van der Waals surface area contributed by atoms with Crippen molar-refractivity contribution in [2.45, 2.75) is 43.2 Å². The highest BCUT2D eigenvalue weighted by molar-refractivity contribution is 5.89. The highest BCUT2D eigenvalue weighted by Crippen LogP contribution is 2.50. The number of benzene rings is 1. The number of fused-ring (bicyclic) bond motifs is 2. The van der Waals surface area contributed by atoms with Crippen molar-refractivity contribution in [2.75, 3.05) is 0 Å². The minimum atomic E-state index is -4.77. The molecule has 9 heteroatoms. The minimum absolute atomic E-state index is 0.189. The average Bonchev–Trinajstić information content (AvgIpc) is 2.99. The van der Waals surface area contributed by atoms with Gasteiger partial charge in [0.25, 0.3) is 0 Å². The average molecular weight is 414 g/mol. The van der Waals surface area contributed by atoms with E-state index >= 15 is 0 Å². The molecule has 1 aliphatic carbocycles.